The van der Waals surface area contributed by atoms with Crippen molar-refractivity contribution in [3.63, 3.8) is 0 Å². The van der Waals surface area contributed by atoms with Crippen LogP contribution in [0.15, 0.2) is 22.2 Å². The number of nitrogens with zero attached hydrogens (tertiary/aromatic N) is 3. The van der Waals surface area contributed by atoms with Crippen LogP contribution in [-0.2, 0) is 13.0 Å². The Morgan fingerprint density at radius 3 is 2.95 bits per heavy atom. The van der Waals surface area contributed by atoms with E-state index < -0.39 is 0 Å². The van der Waals surface area contributed by atoms with Crippen LogP contribution in [0.25, 0.3) is 0 Å². The van der Waals surface area contributed by atoms with Crippen LogP contribution in [0.5, 0.6) is 0 Å². The molecule has 0 spiro atoms. The molecule has 0 radical (unpaired) electrons. The van der Waals surface area contributed by atoms with E-state index in [2.05, 4.69) is 56.6 Å². The van der Waals surface area contributed by atoms with Crippen molar-refractivity contribution in [2.45, 2.75) is 39.3 Å². The van der Waals surface area contributed by atoms with Crippen molar-refractivity contribution < 1.29 is 0 Å². The van der Waals surface area contributed by atoms with Crippen molar-refractivity contribution in [3.05, 3.63) is 32.9 Å². The van der Waals surface area contributed by atoms with Gasteiger partial charge in [0.2, 0.25) is 0 Å². The van der Waals surface area contributed by atoms with Crippen LogP contribution in [0, 0.1) is 0 Å². The van der Waals surface area contributed by atoms with E-state index in [9.17, 15) is 0 Å². The third-order valence-electron chi connectivity index (χ3n) is 2.95. The zero-order chi connectivity index (χ0) is 13.7. The van der Waals surface area contributed by atoms with Crippen molar-refractivity contribution in [1.82, 2.24) is 20.1 Å². The van der Waals surface area contributed by atoms with Gasteiger partial charge in [0.1, 0.15) is 12.2 Å². The van der Waals surface area contributed by atoms with E-state index in [0.717, 1.165) is 36.2 Å². The summed E-state index contributed by atoms with van der Waals surface area (Å²) >= 11 is 5.30. The quantitative estimate of drug-likeness (QED) is 0.838. The minimum Gasteiger partial charge on any atom is -0.309 e. The first-order valence-electron chi connectivity index (χ1n) is 6.58. The van der Waals surface area contributed by atoms with Gasteiger partial charge in [-0.3, -0.25) is 4.68 Å². The summed E-state index contributed by atoms with van der Waals surface area (Å²) in [5.74, 6) is 1.04. The fraction of sp³-hybridized carbons (Fsp3) is 0.538. The monoisotopic (exact) mass is 342 g/mol. The molecule has 0 bridgehead atoms. The van der Waals surface area contributed by atoms with Crippen LogP contribution in [0.2, 0.25) is 0 Å². The smallest absolute Gasteiger partial charge is 0.138 e. The summed E-state index contributed by atoms with van der Waals surface area (Å²) in [6.07, 6.45) is 3.64. The third kappa shape index (κ3) is 3.87. The van der Waals surface area contributed by atoms with E-state index in [-0.39, 0.29) is 0 Å². The topological polar surface area (TPSA) is 42.7 Å². The van der Waals surface area contributed by atoms with Gasteiger partial charge in [0.15, 0.2) is 0 Å². The normalized spacial score (nSPS) is 12.8. The minimum absolute atomic E-state index is 0.311. The standard InChI is InChI=1S/C13H19BrN4S/c1-3-5-15-11(12-6-10(14)8-19-12)7-13-16-9-17-18(13)4-2/h6,8-9,11,15H,3-5,7H2,1-2H3. The molecule has 0 aliphatic carbocycles. The summed E-state index contributed by atoms with van der Waals surface area (Å²) in [5.41, 5.74) is 0. The molecule has 1 N–H and O–H groups in total. The molecule has 1 atom stereocenters. The first kappa shape index (κ1) is 14.7. The Bertz CT molecular complexity index is 508. The van der Waals surface area contributed by atoms with Gasteiger partial charge < -0.3 is 5.32 Å². The van der Waals surface area contributed by atoms with E-state index in [4.69, 9.17) is 0 Å². The molecule has 0 aromatic carbocycles. The number of aryl methyl sites for hydroxylation is 1. The van der Waals surface area contributed by atoms with Gasteiger partial charge in [-0.05, 0) is 41.9 Å². The Kier molecular flexibility index (Phi) is 5.54. The second-order valence-electron chi connectivity index (χ2n) is 4.37. The molecular weight excluding hydrogens is 324 g/mol. The highest BCUT2D eigenvalue weighted by Gasteiger charge is 2.16. The highest BCUT2D eigenvalue weighted by Crippen LogP contribution is 2.27. The molecule has 4 nitrogen and oxygen atoms in total. The van der Waals surface area contributed by atoms with E-state index in [1.165, 1.54) is 4.88 Å². The van der Waals surface area contributed by atoms with Gasteiger partial charge in [0, 0.05) is 33.7 Å². The maximum absolute atomic E-state index is 4.37. The lowest BCUT2D eigenvalue weighted by molar-refractivity contribution is 0.502. The zero-order valence-electron chi connectivity index (χ0n) is 11.3. The van der Waals surface area contributed by atoms with Gasteiger partial charge in [0.25, 0.3) is 0 Å². The van der Waals surface area contributed by atoms with E-state index in [0.29, 0.717) is 6.04 Å². The first-order valence-corrected chi connectivity index (χ1v) is 8.25. The second-order valence-corrected chi connectivity index (χ2v) is 6.23. The number of hydrogen-bond donors (Lipinski definition) is 1. The molecular formula is C13H19BrN4S. The van der Waals surface area contributed by atoms with E-state index in [1.54, 1.807) is 17.7 Å². The van der Waals surface area contributed by atoms with Crippen LogP contribution in [0.1, 0.15) is 37.0 Å². The van der Waals surface area contributed by atoms with Crippen LogP contribution in [0.4, 0.5) is 0 Å². The molecule has 0 saturated heterocycles. The van der Waals surface area contributed by atoms with Crippen molar-refractivity contribution >= 4 is 27.3 Å². The Hall–Kier alpha value is -0.720. The predicted octanol–water partition coefficient (Wildman–Crippen LogP) is 3.41. The minimum atomic E-state index is 0.311. The SMILES string of the molecule is CCCNC(Cc1ncnn1CC)c1cc(Br)cs1. The maximum atomic E-state index is 4.37. The Balaban J connectivity index is 2.14. The lowest BCUT2D eigenvalue weighted by Crippen LogP contribution is -2.24. The number of rotatable bonds is 7. The maximum Gasteiger partial charge on any atom is 0.138 e. The molecule has 1 unspecified atom stereocenters. The number of thiophene rings is 1. The Labute approximate surface area is 126 Å². The summed E-state index contributed by atoms with van der Waals surface area (Å²) < 4.78 is 3.11. The molecule has 0 aliphatic rings. The molecule has 2 rings (SSSR count). The van der Waals surface area contributed by atoms with Crippen LogP contribution < -0.4 is 5.32 Å². The average molecular weight is 343 g/mol. The molecule has 0 amide bonds. The fourth-order valence-electron chi connectivity index (χ4n) is 2.00. The van der Waals surface area contributed by atoms with Gasteiger partial charge in [0.05, 0.1) is 0 Å². The second kappa shape index (κ2) is 7.17. The van der Waals surface area contributed by atoms with Gasteiger partial charge in [-0.15, -0.1) is 11.3 Å². The third-order valence-corrected chi connectivity index (χ3v) is 4.76. The first-order chi connectivity index (χ1) is 9.24. The molecule has 6 heteroatoms. The van der Waals surface area contributed by atoms with Gasteiger partial charge in [-0.25, -0.2) is 4.98 Å². The summed E-state index contributed by atoms with van der Waals surface area (Å²) in [6.45, 7) is 6.15. The highest BCUT2D eigenvalue weighted by molar-refractivity contribution is 9.10. The van der Waals surface area contributed by atoms with Gasteiger partial charge >= 0.3 is 0 Å². The van der Waals surface area contributed by atoms with Gasteiger partial charge in [-0.1, -0.05) is 6.92 Å². The van der Waals surface area contributed by atoms with Crippen molar-refractivity contribution in [1.29, 1.82) is 0 Å². The Morgan fingerprint density at radius 1 is 1.47 bits per heavy atom. The predicted molar refractivity (Wildman–Crippen MR) is 82.5 cm³/mol. The molecule has 19 heavy (non-hydrogen) atoms. The van der Waals surface area contributed by atoms with Gasteiger partial charge in [-0.2, -0.15) is 5.10 Å². The van der Waals surface area contributed by atoms with Crippen LogP contribution in [0.3, 0.4) is 0 Å². The lowest BCUT2D eigenvalue weighted by atomic mass is 10.1. The van der Waals surface area contributed by atoms with Crippen molar-refractivity contribution in [2.75, 3.05) is 6.54 Å². The molecule has 104 valence electrons. The number of nitrogens with one attached hydrogen (secondary N) is 1. The summed E-state index contributed by atoms with van der Waals surface area (Å²) in [6, 6.07) is 2.50. The molecule has 2 aromatic rings. The fourth-order valence-corrected chi connectivity index (χ4v) is 3.52. The van der Waals surface area contributed by atoms with E-state index >= 15 is 0 Å². The Morgan fingerprint density at radius 2 is 2.32 bits per heavy atom. The summed E-state index contributed by atoms with van der Waals surface area (Å²) in [7, 11) is 0. The summed E-state index contributed by atoms with van der Waals surface area (Å²) in [4.78, 5) is 5.71. The number of aromatic nitrogens is 3. The molecule has 0 saturated carbocycles. The average Bonchev–Trinajstić information content (AvgIpc) is 3.02. The molecule has 0 fully saturated rings. The highest BCUT2D eigenvalue weighted by atomic mass is 79.9. The van der Waals surface area contributed by atoms with Crippen LogP contribution in [-0.4, -0.2) is 21.3 Å². The number of hydrogen-bond acceptors (Lipinski definition) is 4. The van der Waals surface area contributed by atoms with E-state index in [1.807, 2.05) is 4.68 Å². The van der Waals surface area contributed by atoms with Crippen molar-refractivity contribution in [3.8, 4) is 0 Å². The number of halogens is 1. The van der Waals surface area contributed by atoms with Crippen molar-refractivity contribution in [2.24, 2.45) is 0 Å². The van der Waals surface area contributed by atoms with Crippen LogP contribution >= 0.6 is 27.3 Å². The molecule has 2 heterocycles. The summed E-state index contributed by atoms with van der Waals surface area (Å²) in [5, 5.41) is 9.96. The largest absolute Gasteiger partial charge is 0.309 e. The zero-order valence-corrected chi connectivity index (χ0v) is 13.7. The lowest BCUT2D eigenvalue weighted by Gasteiger charge is -2.16. The molecule has 2 aromatic heterocycles. The molecule has 0 aliphatic heterocycles.